The van der Waals surface area contributed by atoms with E-state index in [0.717, 1.165) is 23.4 Å². The Bertz CT molecular complexity index is 1160. The van der Waals surface area contributed by atoms with Crippen LogP contribution in [0.3, 0.4) is 0 Å². The highest BCUT2D eigenvalue weighted by Gasteiger charge is 2.19. The highest BCUT2D eigenvalue weighted by atomic mass is 32.1. The van der Waals surface area contributed by atoms with E-state index in [0.29, 0.717) is 17.7 Å². The van der Waals surface area contributed by atoms with Crippen LogP contribution in [-0.2, 0) is 19.3 Å². The minimum Gasteiger partial charge on any atom is -0.366 e. The first kappa shape index (κ1) is 23.6. The minimum absolute atomic E-state index is 0.0787. The molecule has 0 atom stereocenters. The largest absolute Gasteiger partial charge is 0.366 e. The van der Waals surface area contributed by atoms with Gasteiger partial charge in [-0.1, -0.05) is 24.3 Å². The standard InChI is InChI=1S/C28H32F2N2S/c1-5-32(4)17-31-26-15-24(28(29)30)23(12-18(26)2)14-27-19(3)25(16-33-27)22-11-10-20-8-6-7-9-21(20)13-22/h10-13,15-17,28H,5-9,14H2,1-4H3. The second-order valence-corrected chi connectivity index (χ2v) is 9.99. The smallest absolute Gasteiger partial charge is 0.264 e. The van der Waals surface area contributed by atoms with Crippen LogP contribution in [0.15, 0.2) is 40.7 Å². The van der Waals surface area contributed by atoms with Crippen LogP contribution in [0.4, 0.5) is 14.5 Å². The van der Waals surface area contributed by atoms with Crippen LogP contribution < -0.4 is 0 Å². The highest BCUT2D eigenvalue weighted by Crippen LogP contribution is 2.37. The molecule has 0 spiro atoms. The van der Waals surface area contributed by atoms with Gasteiger partial charge in [0, 0.05) is 30.5 Å². The van der Waals surface area contributed by atoms with Crippen LogP contribution in [0.25, 0.3) is 11.1 Å². The molecule has 0 saturated carbocycles. The van der Waals surface area contributed by atoms with Crippen molar-refractivity contribution < 1.29 is 8.78 Å². The lowest BCUT2D eigenvalue weighted by molar-refractivity contribution is 0.150. The molecule has 2 aromatic carbocycles. The number of nitrogens with zero attached hydrogens (tertiary/aromatic N) is 2. The molecular weight excluding hydrogens is 434 g/mol. The summed E-state index contributed by atoms with van der Waals surface area (Å²) in [5.41, 5.74) is 8.89. The lowest BCUT2D eigenvalue weighted by Gasteiger charge is -2.16. The van der Waals surface area contributed by atoms with Crippen molar-refractivity contribution in [3.63, 3.8) is 0 Å². The Morgan fingerprint density at radius 2 is 1.85 bits per heavy atom. The number of thiophene rings is 1. The van der Waals surface area contributed by atoms with Crippen molar-refractivity contribution in [3.05, 3.63) is 74.0 Å². The normalized spacial score (nSPS) is 13.7. The van der Waals surface area contributed by atoms with E-state index in [-0.39, 0.29) is 5.56 Å². The molecule has 0 saturated heterocycles. The van der Waals surface area contributed by atoms with E-state index in [4.69, 9.17) is 0 Å². The zero-order chi connectivity index (χ0) is 23.5. The summed E-state index contributed by atoms with van der Waals surface area (Å²) in [6.45, 7) is 6.90. The van der Waals surface area contributed by atoms with Crippen LogP contribution >= 0.6 is 11.3 Å². The van der Waals surface area contributed by atoms with Crippen LogP contribution in [0, 0.1) is 13.8 Å². The highest BCUT2D eigenvalue weighted by molar-refractivity contribution is 7.10. The third-order valence-corrected chi connectivity index (χ3v) is 7.83. The maximum Gasteiger partial charge on any atom is 0.264 e. The fourth-order valence-electron chi connectivity index (χ4n) is 4.50. The number of aryl methyl sites for hydroxylation is 3. The quantitative estimate of drug-likeness (QED) is 0.254. The van der Waals surface area contributed by atoms with Crippen molar-refractivity contribution in [2.75, 3.05) is 13.6 Å². The first-order chi connectivity index (χ1) is 15.9. The number of benzene rings is 2. The van der Waals surface area contributed by atoms with Crippen molar-refractivity contribution in [1.29, 1.82) is 0 Å². The molecule has 0 radical (unpaired) electrons. The van der Waals surface area contributed by atoms with Crippen molar-refractivity contribution in [1.82, 2.24) is 4.90 Å². The number of rotatable bonds is 7. The average molecular weight is 467 g/mol. The van der Waals surface area contributed by atoms with E-state index in [9.17, 15) is 8.78 Å². The van der Waals surface area contributed by atoms with Crippen molar-refractivity contribution >= 4 is 23.4 Å². The van der Waals surface area contributed by atoms with Gasteiger partial charge in [-0.15, -0.1) is 11.3 Å². The first-order valence-electron chi connectivity index (χ1n) is 11.7. The summed E-state index contributed by atoms with van der Waals surface area (Å²) in [6.07, 6.45) is 4.55. The summed E-state index contributed by atoms with van der Waals surface area (Å²) < 4.78 is 28.0. The molecule has 1 aromatic heterocycles. The molecule has 1 aliphatic carbocycles. The minimum atomic E-state index is -2.53. The Morgan fingerprint density at radius 3 is 2.58 bits per heavy atom. The zero-order valence-electron chi connectivity index (χ0n) is 19.9. The zero-order valence-corrected chi connectivity index (χ0v) is 20.7. The van der Waals surface area contributed by atoms with Gasteiger partial charge in [-0.25, -0.2) is 13.8 Å². The fourth-order valence-corrected chi connectivity index (χ4v) is 5.60. The maximum absolute atomic E-state index is 14.0. The van der Waals surface area contributed by atoms with E-state index in [1.165, 1.54) is 47.1 Å². The van der Waals surface area contributed by atoms with Gasteiger partial charge in [0.15, 0.2) is 0 Å². The molecule has 0 fully saturated rings. The molecule has 4 rings (SSSR count). The Kier molecular flexibility index (Phi) is 7.28. The predicted molar refractivity (Wildman–Crippen MR) is 137 cm³/mol. The number of fused-ring (bicyclic) bond motifs is 1. The van der Waals surface area contributed by atoms with Crippen LogP contribution in [0.5, 0.6) is 0 Å². The molecule has 1 aliphatic rings. The third-order valence-electron chi connectivity index (χ3n) is 6.74. The summed E-state index contributed by atoms with van der Waals surface area (Å²) in [4.78, 5) is 7.50. The van der Waals surface area contributed by atoms with Crippen LogP contribution in [0.2, 0.25) is 0 Å². The average Bonchev–Trinajstić information content (AvgIpc) is 3.17. The first-order valence-corrected chi connectivity index (χ1v) is 12.6. The molecule has 0 unspecified atom stereocenters. The second-order valence-electron chi connectivity index (χ2n) is 9.02. The number of halogens is 2. The van der Waals surface area contributed by atoms with Crippen molar-refractivity contribution in [3.8, 4) is 11.1 Å². The van der Waals surface area contributed by atoms with Crippen LogP contribution in [-0.4, -0.2) is 24.8 Å². The Balaban J connectivity index is 1.64. The monoisotopic (exact) mass is 466 g/mol. The van der Waals surface area contributed by atoms with E-state index in [1.54, 1.807) is 23.7 Å². The van der Waals surface area contributed by atoms with Crippen molar-refractivity contribution in [2.24, 2.45) is 4.99 Å². The summed E-state index contributed by atoms with van der Waals surface area (Å²) in [6, 6.07) is 10.3. The Morgan fingerprint density at radius 1 is 1.09 bits per heavy atom. The predicted octanol–water partition coefficient (Wildman–Crippen LogP) is 8.05. The molecule has 5 heteroatoms. The number of hydrogen-bond donors (Lipinski definition) is 0. The topological polar surface area (TPSA) is 15.6 Å². The van der Waals surface area contributed by atoms with E-state index in [2.05, 4.69) is 35.5 Å². The lowest BCUT2D eigenvalue weighted by atomic mass is 9.89. The number of hydrogen-bond acceptors (Lipinski definition) is 2. The molecule has 174 valence electrons. The molecule has 0 N–H and O–H groups in total. The summed E-state index contributed by atoms with van der Waals surface area (Å²) in [5.74, 6) is 0. The van der Waals surface area contributed by atoms with E-state index < -0.39 is 6.43 Å². The molecule has 1 heterocycles. The van der Waals surface area contributed by atoms with Gasteiger partial charge in [-0.2, -0.15) is 0 Å². The van der Waals surface area contributed by atoms with Gasteiger partial charge in [-0.05, 0) is 96.8 Å². The molecular formula is C28H32F2N2S. The molecule has 0 amide bonds. The summed E-state index contributed by atoms with van der Waals surface area (Å²) in [7, 11) is 1.92. The Hall–Kier alpha value is -2.53. The van der Waals surface area contributed by atoms with Gasteiger partial charge in [0.1, 0.15) is 0 Å². The van der Waals surface area contributed by atoms with Gasteiger partial charge in [0.2, 0.25) is 0 Å². The molecule has 0 bridgehead atoms. The van der Waals surface area contributed by atoms with Gasteiger partial charge >= 0.3 is 0 Å². The fraction of sp³-hybridized carbons (Fsp3) is 0.393. The molecule has 33 heavy (non-hydrogen) atoms. The third kappa shape index (κ3) is 5.19. The van der Waals surface area contributed by atoms with E-state index >= 15 is 0 Å². The molecule has 2 nitrogen and oxygen atoms in total. The number of aliphatic imine (C=N–C) groups is 1. The van der Waals surface area contributed by atoms with Gasteiger partial charge in [-0.3, -0.25) is 0 Å². The van der Waals surface area contributed by atoms with Gasteiger partial charge < -0.3 is 4.90 Å². The van der Waals surface area contributed by atoms with Gasteiger partial charge in [0.25, 0.3) is 6.43 Å². The molecule has 0 aliphatic heterocycles. The summed E-state index contributed by atoms with van der Waals surface area (Å²) >= 11 is 1.67. The van der Waals surface area contributed by atoms with Crippen LogP contribution in [0.1, 0.15) is 64.4 Å². The van der Waals surface area contributed by atoms with Crippen molar-refractivity contribution in [2.45, 2.75) is 59.3 Å². The SMILES string of the molecule is CCN(C)C=Nc1cc(C(F)F)c(Cc2scc(-c3ccc4c(c3)CCCC4)c2C)cc1C. The van der Waals surface area contributed by atoms with Gasteiger partial charge in [0.05, 0.1) is 12.0 Å². The molecule has 3 aromatic rings. The summed E-state index contributed by atoms with van der Waals surface area (Å²) in [5, 5.41) is 2.18. The van der Waals surface area contributed by atoms with E-state index in [1.807, 2.05) is 31.9 Å². The Labute approximate surface area is 200 Å². The lowest BCUT2D eigenvalue weighted by Crippen LogP contribution is -2.14. The number of alkyl halides is 2. The second kappa shape index (κ2) is 10.2. The maximum atomic E-state index is 14.0.